The number of para-hydroxylation sites is 1. The van der Waals surface area contributed by atoms with Crippen LogP contribution in [0.4, 0.5) is 5.69 Å². The molecule has 1 atom stereocenters. The number of rotatable bonds is 6. The number of nitrogens with zero attached hydrogens (tertiary/aromatic N) is 1. The van der Waals surface area contributed by atoms with Crippen molar-refractivity contribution in [3.05, 3.63) is 81.2 Å². The monoisotopic (exact) mass is 580 g/mol. The van der Waals surface area contributed by atoms with Crippen LogP contribution in [0.2, 0.25) is 0 Å². The topological polar surface area (TPSA) is 77.1 Å². The SMILES string of the molecule is COc1ccc(/C=C2/Sc3ccccc3N(CC(=O)NC(C)c3ccc4c(c3)OCCO4)C2=O)cc1Br. The average Bonchev–Trinajstić information content (AvgIpc) is 2.90. The van der Waals surface area contributed by atoms with Gasteiger partial charge in [0.2, 0.25) is 5.91 Å². The Bertz CT molecular complexity index is 1390. The molecule has 3 aromatic carbocycles. The zero-order valence-corrected chi connectivity index (χ0v) is 22.7. The predicted molar refractivity (Wildman–Crippen MR) is 147 cm³/mol. The van der Waals surface area contributed by atoms with Crippen LogP contribution in [-0.4, -0.2) is 38.7 Å². The molecular formula is C28H25BrN2O5S. The van der Waals surface area contributed by atoms with Crippen molar-refractivity contribution < 1.29 is 23.8 Å². The molecule has 0 bridgehead atoms. The summed E-state index contributed by atoms with van der Waals surface area (Å²) in [5.41, 5.74) is 2.46. The van der Waals surface area contributed by atoms with E-state index in [4.69, 9.17) is 14.2 Å². The van der Waals surface area contributed by atoms with Crippen molar-refractivity contribution >= 4 is 51.3 Å². The first-order valence-corrected chi connectivity index (χ1v) is 13.4. The van der Waals surface area contributed by atoms with Crippen molar-refractivity contribution in [2.24, 2.45) is 0 Å². The predicted octanol–water partition coefficient (Wildman–Crippen LogP) is 5.59. The number of carbonyl (C=O) groups excluding carboxylic acids is 2. The molecule has 2 aliphatic heterocycles. The number of halogens is 1. The molecule has 0 saturated heterocycles. The van der Waals surface area contributed by atoms with Gasteiger partial charge in [-0.2, -0.15) is 0 Å². The second kappa shape index (κ2) is 10.9. The van der Waals surface area contributed by atoms with E-state index in [0.717, 1.165) is 20.5 Å². The Kier molecular flexibility index (Phi) is 7.43. The highest BCUT2D eigenvalue weighted by molar-refractivity contribution is 9.10. The highest BCUT2D eigenvalue weighted by atomic mass is 79.9. The van der Waals surface area contributed by atoms with Crippen LogP contribution in [0.5, 0.6) is 17.2 Å². The van der Waals surface area contributed by atoms with Gasteiger partial charge in [0.05, 0.1) is 28.2 Å². The molecule has 0 spiro atoms. The summed E-state index contributed by atoms with van der Waals surface area (Å²) in [6.45, 7) is 2.82. The zero-order chi connectivity index (χ0) is 25.9. The first-order chi connectivity index (χ1) is 17.9. The van der Waals surface area contributed by atoms with E-state index >= 15 is 0 Å². The first kappa shape index (κ1) is 25.2. The second-order valence-electron chi connectivity index (χ2n) is 8.56. The standard InChI is InChI=1S/C28H25BrN2O5S/c1-17(19-8-10-23-24(15-19)36-12-11-35-23)30-27(32)16-31-21-5-3-4-6-25(21)37-26(28(31)33)14-18-7-9-22(34-2)20(29)13-18/h3-10,13-15,17H,11-12,16H2,1-2H3,(H,30,32)/b26-14+. The average molecular weight is 581 g/mol. The van der Waals surface area contributed by atoms with Gasteiger partial charge in [0.25, 0.3) is 5.91 Å². The number of thioether (sulfide) groups is 1. The van der Waals surface area contributed by atoms with E-state index in [0.29, 0.717) is 41.1 Å². The molecule has 2 amide bonds. The minimum absolute atomic E-state index is 0.102. The molecule has 2 aliphatic rings. The lowest BCUT2D eigenvalue weighted by molar-refractivity contribution is -0.122. The van der Waals surface area contributed by atoms with Crippen molar-refractivity contribution in [1.82, 2.24) is 5.32 Å². The van der Waals surface area contributed by atoms with Crippen LogP contribution in [-0.2, 0) is 9.59 Å². The Morgan fingerprint density at radius 1 is 1.14 bits per heavy atom. The molecular weight excluding hydrogens is 556 g/mol. The van der Waals surface area contributed by atoms with Crippen LogP contribution in [0.3, 0.4) is 0 Å². The fourth-order valence-electron chi connectivity index (χ4n) is 4.19. The highest BCUT2D eigenvalue weighted by Gasteiger charge is 2.31. The molecule has 0 radical (unpaired) electrons. The summed E-state index contributed by atoms with van der Waals surface area (Å²) in [6.07, 6.45) is 1.83. The fourth-order valence-corrected chi connectivity index (χ4v) is 5.80. The molecule has 37 heavy (non-hydrogen) atoms. The third-order valence-electron chi connectivity index (χ3n) is 6.05. The number of nitrogens with one attached hydrogen (secondary N) is 1. The van der Waals surface area contributed by atoms with E-state index in [2.05, 4.69) is 21.2 Å². The summed E-state index contributed by atoms with van der Waals surface area (Å²) >= 11 is 4.89. The van der Waals surface area contributed by atoms with E-state index in [9.17, 15) is 9.59 Å². The maximum Gasteiger partial charge on any atom is 0.265 e. The zero-order valence-electron chi connectivity index (χ0n) is 20.3. The third kappa shape index (κ3) is 5.47. The molecule has 0 saturated carbocycles. The van der Waals surface area contributed by atoms with Crippen LogP contribution in [0, 0.1) is 0 Å². The van der Waals surface area contributed by atoms with Crippen molar-refractivity contribution in [3.63, 3.8) is 0 Å². The van der Waals surface area contributed by atoms with Crippen LogP contribution in [0.15, 0.2) is 74.9 Å². The van der Waals surface area contributed by atoms with Gasteiger partial charge in [0.15, 0.2) is 11.5 Å². The maximum absolute atomic E-state index is 13.5. The smallest absolute Gasteiger partial charge is 0.265 e. The maximum atomic E-state index is 13.5. The number of amides is 2. The Balaban J connectivity index is 1.35. The van der Waals surface area contributed by atoms with Gasteiger partial charge < -0.3 is 19.5 Å². The molecule has 9 heteroatoms. The number of carbonyl (C=O) groups is 2. The van der Waals surface area contributed by atoms with Gasteiger partial charge in [-0.3, -0.25) is 14.5 Å². The van der Waals surface area contributed by atoms with Crippen LogP contribution in [0.25, 0.3) is 6.08 Å². The van der Waals surface area contributed by atoms with Gasteiger partial charge in [-0.05, 0) is 76.5 Å². The van der Waals surface area contributed by atoms with Crippen molar-refractivity contribution in [2.75, 3.05) is 31.8 Å². The number of hydrogen-bond acceptors (Lipinski definition) is 6. The summed E-state index contributed by atoms with van der Waals surface area (Å²) < 4.78 is 17.3. The molecule has 0 aliphatic carbocycles. The van der Waals surface area contributed by atoms with Gasteiger partial charge in [-0.15, -0.1) is 0 Å². The number of ether oxygens (including phenoxy) is 3. The minimum Gasteiger partial charge on any atom is -0.496 e. The number of anilines is 1. The number of hydrogen-bond donors (Lipinski definition) is 1. The molecule has 1 unspecified atom stereocenters. The Labute approximate surface area is 227 Å². The first-order valence-electron chi connectivity index (χ1n) is 11.8. The quantitative estimate of drug-likeness (QED) is 0.383. The molecule has 3 aromatic rings. The van der Waals surface area contributed by atoms with E-state index in [1.54, 1.807) is 7.11 Å². The van der Waals surface area contributed by atoms with E-state index in [-0.39, 0.29) is 24.4 Å². The summed E-state index contributed by atoms with van der Waals surface area (Å²) in [7, 11) is 1.60. The van der Waals surface area contributed by atoms with Gasteiger partial charge in [0, 0.05) is 4.90 Å². The lowest BCUT2D eigenvalue weighted by atomic mass is 10.1. The van der Waals surface area contributed by atoms with Crippen LogP contribution >= 0.6 is 27.7 Å². The van der Waals surface area contributed by atoms with Crippen molar-refractivity contribution in [2.45, 2.75) is 17.9 Å². The summed E-state index contributed by atoms with van der Waals surface area (Å²) in [4.78, 5) is 29.6. The van der Waals surface area contributed by atoms with Gasteiger partial charge in [-0.1, -0.05) is 36.0 Å². The van der Waals surface area contributed by atoms with E-state index in [1.165, 1.54) is 16.7 Å². The molecule has 0 aromatic heterocycles. The lowest BCUT2D eigenvalue weighted by Gasteiger charge is -2.30. The number of fused-ring (bicyclic) bond motifs is 2. The summed E-state index contributed by atoms with van der Waals surface area (Å²) in [5.74, 6) is 1.59. The highest BCUT2D eigenvalue weighted by Crippen LogP contribution is 2.42. The van der Waals surface area contributed by atoms with Crippen molar-refractivity contribution in [1.29, 1.82) is 0 Å². The Morgan fingerprint density at radius 2 is 1.92 bits per heavy atom. The lowest BCUT2D eigenvalue weighted by Crippen LogP contribution is -2.43. The minimum atomic E-state index is -0.278. The number of benzene rings is 3. The van der Waals surface area contributed by atoms with Gasteiger partial charge >= 0.3 is 0 Å². The van der Waals surface area contributed by atoms with Gasteiger partial charge in [-0.25, -0.2) is 0 Å². The Hall–Kier alpha value is -3.43. The molecule has 5 rings (SSSR count). The second-order valence-corrected chi connectivity index (χ2v) is 10.5. The van der Waals surface area contributed by atoms with E-state index in [1.807, 2.05) is 73.7 Å². The van der Waals surface area contributed by atoms with Crippen molar-refractivity contribution in [3.8, 4) is 17.2 Å². The van der Waals surface area contributed by atoms with Gasteiger partial charge in [0.1, 0.15) is 25.5 Å². The summed E-state index contributed by atoms with van der Waals surface area (Å²) in [6, 6.07) is 18.6. The largest absolute Gasteiger partial charge is 0.496 e. The molecule has 0 fully saturated rings. The fraction of sp³-hybridized carbons (Fsp3) is 0.214. The van der Waals surface area contributed by atoms with Crippen LogP contribution in [0.1, 0.15) is 24.1 Å². The Morgan fingerprint density at radius 3 is 2.70 bits per heavy atom. The molecule has 1 N–H and O–H groups in total. The van der Waals surface area contributed by atoms with E-state index < -0.39 is 0 Å². The summed E-state index contributed by atoms with van der Waals surface area (Å²) in [5, 5.41) is 3.01. The molecule has 7 nitrogen and oxygen atoms in total. The number of methoxy groups -OCH3 is 1. The molecule has 190 valence electrons. The normalized spacial score (nSPS) is 16.2. The molecule has 2 heterocycles. The van der Waals surface area contributed by atoms with Crippen LogP contribution < -0.4 is 24.4 Å². The third-order valence-corrected chi connectivity index (χ3v) is 7.75.